The van der Waals surface area contributed by atoms with E-state index in [1.54, 1.807) is 26.2 Å². The normalized spacial score (nSPS) is 11.6. The van der Waals surface area contributed by atoms with Gasteiger partial charge in [-0.1, -0.05) is 44.2 Å². The molecule has 0 saturated carbocycles. The van der Waals surface area contributed by atoms with E-state index in [-0.39, 0.29) is 18.4 Å². The van der Waals surface area contributed by atoms with Crippen LogP contribution in [-0.2, 0) is 11.3 Å². The number of nitrogens with one attached hydrogen (secondary N) is 1. The maximum absolute atomic E-state index is 12.1. The van der Waals surface area contributed by atoms with Crippen LogP contribution in [0, 0.1) is 0 Å². The van der Waals surface area contributed by atoms with Gasteiger partial charge in [-0.3, -0.25) is 9.59 Å². The van der Waals surface area contributed by atoms with Crippen molar-refractivity contribution in [2.75, 3.05) is 20.7 Å². The van der Waals surface area contributed by atoms with E-state index in [0.29, 0.717) is 18.0 Å². The van der Waals surface area contributed by atoms with Crippen molar-refractivity contribution in [2.45, 2.75) is 32.7 Å². The minimum Gasteiger partial charge on any atom is -0.483 e. The smallest absolute Gasteiger partial charge is 0.258 e. The van der Waals surface area contributed by atoms with Crippen LogP contribution >= 0.6 is 0 Å². The number of hydrogen-bond donors (Lipinski definition) is 1. The molecule has 5 nitrogen and oxygen atoms in total. The first-order valence-corrected chi connectivity index (χ1v) is 9.21. The predicted molar refractivity (Wildman–Crippen MR) is 107 cm³/mol. The number of carbonyl (C=O) groups is 2. The highest BCUT2D eigenvalue weighted by Gasteiger charge is 2.11. The SMILES string of the molecule is CCC(C)c1ccccc1OCC(=O)NCc1ccc(C(=O)N(C)C)cc1. The zero-order valence-corrected chi connectivity index (χ0v) is 16.5. The Morgan fingerprint density at radius 1 is 1.07 bits per heavy atom. The molecule has 0 radical (unpaired) electrons. The van der Waals surface area contributed by atoms with Gasteiger partial charge in [0.25, 0.3) is 11.8 Å². The van der Waals surface area contributed by atoms with Gasteiger partial charge in [-0.05, 0) is 41.7 Å². The van der Waals surface area contributed by atoms with Crippen LogP contribution in [0.3, 0.4) is 0 Å². The van der Waals surface area contributed by atoms with Crippen LogP contribution in [0.25, 0.3) is 0 Å². The molecule has 2 amide bonds. The van der Waals surface area contributed by atoms with E-state index >= 15 is 0 Å². The molecule has 27 heavy (non-hydrogen) atoms. The molecule has 0 heterocycles. The molecule has 1 atom stereocenters. The third-order valence-corrected chi connectivity index (χ3v) is 4.52. The van der Waals surface area contributed by atoms with Crippen LogP contribution < -0.4 is 10.1 Å². The van der Waals surface area contributed by atoms with E-state index in [4.69, 9.17) is 4.74 Å². The van der Waals surface area contributed by atoms with Gasteiger partial charge in [0.05, 0.1) is 0 Å². The highest BCUT2D eigenvalue weighted by Crippen LogP contribution is 2.28. The summed E-state index contributed by atoms with van der Waals surface area (Å²) in [4.78, 5) is 25.5. The second-order valence-corrected chi connectivity index (χ2v) is 6.81. The fourth-order valence-electron chi connectivity index (χ4n) is 2.66. The number of rotatable bonds is 8. The van der Waals surface area contributed by atoms with Gasteiger partial charge < -0.3 is 15.0 Å². The van der Waals surface area contributed by atoms with Crippen LogP contribution in [0.5, 0.6) is 5.75 Å². The number of para-hydroxylation sites is 1. The van der Waals surface area contributed by atoms with Crippen molar-refractivity contribution >= 4 is 11.8 Å². The third-order valence-electron chi connectivity index (χ3n) is 4.52. The van der Waals surface area contributed by atoms with Crippen LogP contribution in [0.15, 0.2) is 48.5 Å². The lowest BCUT2D eigenvalue weighted by Crippen LogP contribution is -2.28. The zero-order valence-electron chi connectivity index (χ0n) is 16.5. The second-order valence-electron chi connectivity index (χ2n) is 6.81. The standard InChI is InChI=1S/C22H28N2O3/c1-5-16(2)19-8-6-7-9-20(19)27-15-21(25)23-14-17-10-12-18(13-11-17)22(26)24(3)4/h6-13,16H,5,14-15H2,1-4H3,(H,23,25). The molecule has 2 rings (SSSR count). The van der Waals surface area contributed by atoms with Gasteiger partial charge in [0.15, 0.2) is 6.61 Å². The molecule has 0 aromatic heterocycles. The average molecular weight is 368 g/mol. The molecule has 1 N–H and O–H groups in total. The second kappa shape index (κ2) is 9.76. The summed E-state index contributed by atoms with van der Waals surface area (Å²) in [6.45, 7) is 4.65. The lowest BCUT2D eigenvalue weighted by Gasteiger charge is -2.15. The Morgan fingerprint density at radius 3 is 2.37 bits per heavy atom. The Hall–Kier alpha value is -2.82. The molecule has 1 unspecified atom stereocenters. The molecule has 0 aliphatic heterocycles. The lowest BCUT2D eigenvalue weighted by atomic mass is 9.98. The van der Waals surface area contributed by atoms with Crippen LogP contribution in [0.4, 0.5) is 0 Å². The number of carbonyl (C=O) groups excluding carboxylic acids is 2. The fraction of sp³-hybridized carbons (Fsp3) is 0.364. The fourth-order valence-corrected chi connectivity index (χ4v) is 2.66. The van der Waals surface area contributed by atoms with E-state index in [1.165, 1.54) is 4.90 Å². The predicted octanol–water partition coefficient (Wildman–Crippen LogP) is 3.60. The summed E-state index contributed by atoms with van der Waals surface area (Å²) in [6.07, 6.45) is 1.01. The first-order chi connectivity index (χ1) is 12.9. The van der Waals surface area contributed by atoms with Gasteiger partial charge in [0.1, 0.15) is 5.75 Å². The molecule has 0 aliphatic carbocycles. The summed E-state index contributed by atoms with van der Waals surface area (Å²) in [5.74, 6) is 0.919. The van der Waals surface area contributed by atoms with E-state index in [0.717, 1.165) is 23.3 Å². The number of hydrogen-bond acceptors (Lipinski definition) is 3. The molecule has 2 aromatic rings. The Labute approximate surface area is 161 Å². The van der Waals surface area contributed by atoms with Gasteiger partial charge in [-0.25, -0.2) is 0 Å². The molecule has 0 aliphatic rings. The van der Waals surface area contributed by atoms with Crippen molar-refractivity contribution in [1.29, 1.82) is 0 Å². The van der Waals surface area contributed by atoms with Gasteiger partial charge in [-0.15, -0.1) is 0 Å². The molecular weight excluding hydrogens is 340 g/mol. The molecule has 144 valence electrons. The lowest BCUT2D eigenvalue weighted by molar-refractivity contribution is -0.123. The number of ether oxygens (including phenoxy) is 1. The van der Waals surface area contributed by atoms with E-state index < -0.39 is 0 Å². The van der Waals surface area contributed by atoms with Crippen molar-refractivity contribution in [3.63, 3.8) is 0 Å². The molecule has 2 aromatic carbocycles. The van der Waals surface area contributed by atoms with E-state index in [1.807, 2.05) is 36.4 Å². The highest BCUT2D eigenvalue weighted by atomic mass is 16.5. The Morgan fingerprint density at radius 2 is 1.74 bits per heavy atom. The van der Waals surface area contributed by atoms with Crippen molar-refractivity contribution in [3.8, 4) is 5.75 Å². The molecule has 0 fully saturated rings. The van der Waals surface area contributed by atoms with Crippen molar-refractivity contribution in [3.05, 3.63) is 65.2 Å². The summed E-state index contributed by atoms with van der Waals surface area (Å²) < 4.78 is 5.73. The molecule has 0 bridgehead atoms. The Kier molecular flexibility index (Phi) is 7.41. The maximum Gasteiger partial charge on any atom is 0.258 e. The summed E-state index contributed by atoms with van der Waals surface area (Å²) >= 11 is 0. The van der Waals surface area contributed by atoms with Gasteiger partial charge in [-0.2, -0.15) is 0 Å². The quantitative estimate of drug-likeness (QED) is 0.774. The van der Waals surface area contributed by atoms with E-state index in [2.05, 4.69) is 19.2 Å². The van der Waals surface area contributed by atoms with Crippen molar-refractivity contribution in [1.82, 2.24) is 10.2 Å². The van der Waals surface area contributed by atoms with Gasteiger partial charge in [0, 0.05) is 26.2 Å². The highest BCUT2D eigenvalue weighted by molar-refractivity contribution is 5.93. The van der Waals surface area contributed by atoms with Crippen LogP contribution in [-0.4, -0.2) is 37.4 Å². The summed E-state index contributed by atoms with van der Waals surface area (Å²) in [6, 6.07) is 15.1. The van der Waals surface area contributed by atoms with E-state index in [9.17, 15) is 9.59 Å². The molecule has 0 spiro atoms. The van der Waals surface area contributed by atoms with Crippen molar-refractivity contribution < 1.29 is 14.3 Å². The topological polar surface area (TPSA) is 58.6 Å². The largest absolute Gasteiger partial charge is 0.483 e. The molecular formula is C22H28N2O3. The minimum atomic E-state index is -0.178. The van der Waals surface area contributed by atoms with Gasteiger partial charge in [0.2, 0.25) is 0 Å². The maximum atomic E-state index is 12.1. The number of nitrogens with zero attached hydrogens (tertiary/aromatic N) is 1. The first kappa shape index (κ1) is 20.5. The Bertz CT molecular complexity index is 769. The zero-order chi connectivity index (χ0) is 19.8. The Balaban J connectivity index is 1.86. The number of amides is 2. The first-order valence-electron chi connectivity index (χ1n) is 9.21. The monoisotopic (exact) mass is 368 g/mol. The minimum absolute atomic E-state index is 0.0232. The average Bonchev–Trinajstić information content (AvgIpc) is 2.70. The summed E-state index contributed by atoms with van der Waals surface area (Å²) in [5, 5.41) is 2.84. The number of benzene rings is 2. The summed E-state index contributed by atoms with van der Waals surface area (Å²) in [7, 11) is 3.44. The summed E-state index contributed by atoms with van der Waals surface area (Å²) in [5.41, 5.74) is 2.67. The van der Waals surface area contributed by atoms with Gasteiger partial charge >= 0.3 is 0 Å². The molecule has 0 saturated heterocycles. The third kappa shape index (κ3) is 5.84. The molecule has 5 heteroatoms. The van der Waals surface area contributed by atoms with Crippen LogP contribution in [0.2, 0.25) is 0 Å². The van der Waals surface area contributed by atoms with Crippen LogP contribution in [0.1, 0.15) is 47.7 Å². The van der Waals surface area contributed by atoms with Crippen molar-refractivity contribution in [2.24, 2.45) is 0 Å².